The Labute approximate surface area is 128 Å². The van der Waals surface area contributed by atoms with Gasteiger partial charge in [-0.3, -0.25) is 9.69 Å². The van der Waals surface area contributed by atoms with Gasteiger partial charge in [0, 0.05) is 0 Å². The number of thiophene rings is 1. The van der Waals surface area contributed by atoms with E-state index in [9.17, 15) is 9.90 Å². The first-order valence-electron chi connectivity index (χ1n) is 7.33. The lowest BCUT2D eigenvalue weighted by Gasteiger charge is -2.39. The summed E-state index contributed by atoms with van der Waals surface area (Å²) in [4.78, 5) is 13.8. The van der Waals surface area contributed by atoms with E-state index in [0.717, 1.165) is 25.8 Å². The molecule has 2 unspecified atom stereocenters. The summed E-state index contributed by atoms with van der Waals surface area (Å²) in [6, 6.07) is 12.0. The van der Waals surface area contributed by atoms with Crippen LogP contribution in [0.15, 0.2) is 47.2 Å². The lowest BCUT2D eigenvalue weighted by atomic mass is 9.93. The predicted octanol–water partition coefficient (Wildman–Crippen LogP) is 3.78. The molecule has 1 aromatic heterocycles. The molecule has 1 aliphatic heterocycles. The number of benzene rings is 1. The van der Waals surface area contributed by atoms with Crippen LogP contribution in [0.5, 0.6) is 0 Å². The Morgan fingerprint density at radius 1 is 1.19 bits per heavy atom. The van der Waals surface area contributed by atoms with Crippen LogP contribution in [0.1, 0.15) is 36.4 Å². The van der Waals surface area contributed by atoms with Crippen molar-refractivity contribution in [1.82, 2.24) is 4.90 Å². The number of piperidine rings is 1. The highest BCUT2D eigenvalue weighted by molar-refractivity contribution is 7.08. The van der Waals surface area contributed by atoms with Gasteiger partial charge in [0.25, 0.3) is 0 Å². The molecule has 0 amide bonds. The third-order valence-electron chi connectivity index (χ3n) is 4.14. The first-order valence-corrected chi connectivity index (χ1v) is 8.27. The highest BCUT2D eigenvalue weighted by atomic mass is 32.1. The number of likely N-dealkylation sites (tertiary alicyclic amines) is 1. The van der Waals surface area contributed by atoms with E-state index in [-0.39, 0.29) is 12.1 Å². The fraction of sp³-hybridized carbons (Fsp3) is 0.353. The van der Waals surface area contributed by atoms with Crippen LogP contribution in [0, 0.1) is 0 Å². The topological polar surface area (TPSA) is 40.5 Å². The molecule has 0 radical (unpaired) electrons. The zero-order chi connectivity index (χ0) is 14.7. The Bertz CT molecular complexity index is 582. The van der Waals surface area contributed by atoms with Crippen LogP contribution in [0.4, 0.5) is 0 Å². The predicted molar refractivity (Wildman–Crippen MR) is 84.6 cm³/mol. The first-order chi connectivity index (χ1) is 10.3. The van der Waals surface area contributed by atoms with Crippen molar-refractivity contribution in [2.75, 3.05) is 6.54 Å². The van der Waals surface area contributed by atoms with Crippen molar-refractivity contribution in [2.24, 2.45) is 0 Å². The van der Waals surface area contributed by atoms with Crippen LogP contribution < -0.4 is 0 Å². The van der Waals surface area contributed by atoms with E-state index in [4.69, 9.17) is 0 Å². The van der Waals surface area contributed by atoms with Gasteiger partial charge in [-0.05, 0) is 47.3 Å². The number of hydrogen-bond donors (Lipinski definition) is 1. The summed E-state index contributed by atoms with van der Waals surface area (Å²) in [5.74, 6) is -0.703. The largest absolute Gasteiger partial charge is 0.480 e. The fourth-order valence-electron chi connectivity index (χ4n) is 3.17. The standard InChI is InChI=1S/C17H19NO2S/c19-17(20)15-8-4-5-10-18(15)16(14-9-11-21-12-14)13-6-2-1-3-7-13/h1-3,6-7,9,11-12,15-16H,4-5,8,10H2,(H,19,20). The van der Waals surface area contributed by atoms with Crippen molar-refractivity contribution < 1.29 is 9.90 Å². The molecule has 1 N–H and O–H groups in total. The summed E-state index contributed by atoms with van der Waals surface area (Å²) in [7, 11) is 0. The molecule has 21 heavy (non-hydrogen) atoms. The fourth-order valence-corrected chi connectivity index (χ4v) is 3.85. The van der Waals surface area contributed by atoms with Gasteiger partial charge in [0.05, 0.1) is 6.04 Å². The van der Waals surface area contributed by atoms with Crippen molar-refractivity contribution in [3.05, 3.63) is 58.3 Å². The lowest BCUT2D eigenvalue weighted by molar-refractivity contribution is -0.145. The molecule has 110 valence electrons. The number of rotatable bonds is 4. The van der Waals surface area contributed by atoms with E-state index in [0.29, 0.717) is 0 Å². The van der Waals surface area contributed by atoms with Gasteiger partial charge in [0.2, 0.25) is 0 Å². The number of carbonyl (C=O) groups is 1. The van der Waals surface area contributed by atoms with Crippen molar-refractivity contribution in [3.8, 4) is 0 Å². The molecule has 1 fully saturated rings. The van der Waals surface area contributed by atoms with Crippen LogP contribution in [0.2, 0.25) is 0 Å². The number of hydrogen-bond acceptors (Lipinski definition) is 3. The van der Waals surface area contributed by atoms with Gasteiger partial charge in [-0.15, -0.1) is 0 Å². The van der Waals surface area contributed by atoms with Crippen molar-refractivity contribution in [3.63, 3.8) is 0 Å². The van der Waals surface area contributed by atoms with E-state index < -0.39 is 5.97 Å². The highest BCUT2D eigenvalue weighted by Gasteiger charge is 2.35. The molecular formula is C17H19NO2S. The molecule has 2 atom stereocenters. The average Bonchev–Trinajstić information content (AvgIpc) is 3.03. The molecule has 0 bridgehead atoms. The van der Waals surface area contributed by atoms with Crippen molar-refractivity contribution >= 4 is 17.3 Å². The van der Waals surface area contributed by atoms with Gasteiger partial charge in [0.1, 0.15) is 6.04 Å². The molecule has 2 aromatic rings. The summed E-state index contributed by atoms with van der Waals surface area (Å²) in [6.07, 6.45) is 2.80. The Morgan fingerprint density at radius 2 is 2.00 bits per heavy atom. The normalized spacial score (nSPS) is 21.0. The summed E-state index contributed by atoms with van der Waals surface area (Å²) in [6.45, 7) is 0.840. The summed E-state index contributed by atoms with van der Waals surface area (Å²) >= 11 is 1.66. The average molecular weight is 301 g/mol. The van der Waals surface area contributed by atoms with Gasteiger partial charge in [-0.2, -0.15) is 11.3 Å². The Balaban J connectivity index is 2.00. The van der Waals surface area contributed by atoms with E-state index in [1.165, 1.54) is 11.1 Å². The van der Waals surface area contributed by atoms with E-state index in [2.05, 4.69) is 33.9 Å². The summed E-state index contributed by atoms with van der Waals surface area (Å²) in [5.41, 5.74) is 2.36. The third-order valence-corrected chi connectivity index (χ3v) is 4.84. The maximum absolute atomic E-state index is 11.6. The quantitative estimate of drug-likeness (QED) is 0.934. The molecular weight excluding hydrogens is 282 g/mol. The molecule has 0 spiro atoms. The smallest absolute Gasteiger partial charge is 0.320 e. The minimum atomic E-state index is -0.703. The van der Waals surface area contributed by atoms with E-state index in [1.807, 2.05) is 18.2 Å². The van der Waals surface area contributed by atoms with Crippen LogP contribution >= 0.6 is 11.3 Å². The maximum atomic E-state index is 11.6. The second-order valence-electron chi connectivity index (χ2n) is 5.46. The SMILES string of the molecule is O=C(O)C1CCCCN1C(c1ccccc1)c1ccsc1. The van der Waals surface area contributed by atoms with Crippen molar-refractivity contribution in [1.29, 1.82) is 0 Å². The number of nitrogens with zero attached hydrogens (tertiary/aromatic N) is 1. The minimum absolute atomic E-state index is 0.0406. The second-order valence-corrected chi connectivity index (χ2v) is 6.24. The van der Waals surface area contributed by atoms with Crippen LogP contribution in [0.25, 0.3) is 0 Å². The molecule has 4 heteroatoms. The molecule has 3 nitrogen and oxygen atoms in total. The molecule has 3 rings (SSSR count). The molecule has 1 aromatic carbocycles. The van der Waals surface area contributed by atoms with E-state index >= 15 is 0 Å². The summed E-state index contributed by atoms with van der Waals surface area (Å²) in [5, 5.41) is 13.8. The van der Waals surface area contributed by atoms with Gasteiger partial charge >= 0.3 is 5.97 Å². The third kappa shape index (κ3) is 3.01. The maximum Gasteiger partial charge on any atom is 0.320 e. The van der Waals surface area contributed by atoms with Crippen LogP contribution in [-0.2, 0) is 4.79 Å². The van der Waals surface area contributed by atoms with Gasteiger partial charge in [0.15, 0.2) is 0 Å². The summed E-state index contributed by atoms with van der Waals surface area (Å²) < 4.78 is 0. The monoisotopic (exact) mass is 301 g/mol. The number of carboxylic acids is 1. The second kappa shape index (κ2) is 6.41. The number of carboxylic acid groups (broad SMARTS) is 1. The zero-order valence-electron chi connectivity index (χ0n) is 11.8. The lowest BCUT2D eigenvalue weighted by Crippen LogP contribution is -2.46. The first kappa shape index (κ1) is 14.3. The van der Waals surface area contributed by atoms with Crippen LogP contribution in [0.3, 0.4) is 0 Å². The minimum Gasteiger partial charge on any atom is -0.480 e. The van der Waals surface area contributed by atoms with E-state index in [1.54, 1.807) is 11.3 Å². The molecule has 0 aliphatic carbocycles. The number of aliphatic carboxylic acids is 1. The molecule has 1 saturated heterocycles. The van der Waals surface area contributed by atoms with Gasteiger partial charge in [-0.25, -0.2) is 0 Å². The molecule has 1 aliphatic rings. The van der Waals surface area contributed by atoms with Crippen molar-refractivity contribution in [2.45, 2.75) is 31.3 Å². The Kier molecular flexibility index (Phi) is 4.36. The van der Waals surface area contributed by atoms with Gasteiger partial charge < -0.3 is 5.11 Å². The zero-order valence-corrected chi connectivity index (χ0v) is 12.6. The van der Waals surface area contributed by atoms with Crippen LogP contribution in [-0.4, -0.2) is 28.6 Å². The highest BCUT2D eigenvalue weighted by Crippen LogP contribution is 2.34. The Morgan fingerprint density at radius 3 is 2.67 bits per heavy atom. The molecule has 2 heterocycles. The van der Waals surface area contributed by atoms with Gasteiger partial charge in [-0.1, -0.05) is 36.8 Å². The Hall–Kier alpha value is -1.65. The molecule has 0 saturated carbocycles.